The van der Waals surface area contributed by atoms with Gasteiger partial charge in [0.15, 0.2) is 0 Å². The molecule has 0 radical (unpaired) electrons. The van der Waals surface area contributed by atoms with Crippen LogP contribution in [0.25, 0.3) is 21.1 Å². The second-order valence-electron chi connectivity index (χ2n) is 11.4. The van der Waals surface area contributed by atoms with Crippen molar-refractivity contribution in [2.45, 2.75) is 65.1 Å². The van der Waals surface area contributed by atoms with Gasteiger partial charge < -0.3 is 9.47 Å². The molecule has 0 spiro atoms. The molecule has 7 heteroatoms. The molecule has 3 aromatic carbocycles. The molecular formula is C35H39ClN4OS. The second-order valence-corrected chi connectivity index (χ2v) is 12.9. The molecule has 3 heterocycles. The van der Waals surface area contributed by atoms with Crippen LogP contribution >= 0.6 is 22.9 Å². The summed E-state index contributed by atoms with van der Waals surface area (Å²) in [7, 11) is 0. The number of fused-ring (bicyclic) bond motifs is 2. The minimum absolute atomic E-state index is 0.0218. The van der Waals surface area contributed by atoms with Crippen LogP contribution in [0.1, 0.15) is 78.6 Å². The highest BCUT2D eigenvalue weighted by atomic mass is 35.5. The van der Waals surface area contributed by atoms with Crippen molar-refractivity contribution >= 4 is 50.0 Å². The van der Waals surface area contributed by atoms with Crippen LogP contribution in [0.2, 0.25) is 5.02 Å². The number of hydrogen-bond acceptors (Lipinski definition) is 4. The van der Waals surface area contributed by atoms with E-state index in [1.807, 2.05) is 35.2 Å². The molecule has 6 rings (SSSR count). The Kier molecular flexibility index (Phi) is 8.94. The van der Waals surface area contributed by atoms with E-state index in [0.29, 0.717) is 23.0 Å². The third-order valence-corrected chi connectivity index (χ3v) is 10.2. The summed E-state index contributed by atoms with van der Waals surface area (Å²) < 4.78 is 3.39. The van der Waals surface area contributed by atoms with Crippen molar-refractivity contribution in [2.24, 2.45) is 0 Å². The summed E-state index contributed by atoms with van der Waals surface area (Å²) in [4.78, 5) is 24.4. The maximum absolute atomic E-state index is 14.1. The predicted octanol–water partition coefficient (Wildman–Crippen LogP) is 8.94. The molecular weight excluding hydrogens is 560 g/mol. The Hall–Kier alpha value is -3.19. The molecule has 0 saturated carbocycles. The van der Waals surface area contributed by atoms with Crippen LogP contribution in [0.5, 0.6) is 0 Å². The van der Waals surface area contributed by atoms with Crippen LogP contribution in [0.4, 0.5) is 0 Å². The monoisotopic (exact) mass is 598 g/mol. The fourth-order valence-corrected chi connectivity index (χ4v) is 7.77. The number of thiophene rings is 1. The van der Waals surface area contributed by atoms with Crippen molar-refractivity contribution < 1.29 is 4.79 Å². The minimum atomic E-state index is -0.0218. The Morgan fingerprint density at radius 3 is 2.55 bits per heavy atom. The Bertz CT molecular complexity index is 1690. The van der Waals surface area contributed by atoms with E-state index in [-0.39, 0.29) is 11.9 Å². The second kappa shape index (κ2) is 13.0. The van der Waals surface area contributed by atoms with Crippen LogP contribution < -0.4 is 0 Å². The molecule has 1 amide bonds. The molecule has 218 valence electrons. The first-order chi connectivity index (χ1) is 20.5. The number of halogens is 1. The first kappa shape index (κ1) is 28.9. The molecule has 0 N–H and O–H groups in total. The lowest BCUT2D eigenvalue weighted by Gasteiger charge is -2.29. The van der Waals surface area contributed by atoms with Crippen LogP contribution in [-0.2, 0) is 13.1 Å². The van der Waals surface area contributed by atoms with Gasteiger partial charge in [0.25, 0.3) is 5.91 Å². The van der Waals surface area contributed by atoms with Crippen molar-refractivity contribution in [3.8, 4) is 0 Å². The Labute approximate surface area is 257 Å². The van der Waals surface area contributed by atoms with Crippen molar-refractivity contribution in [3.63, 3.8) is 0 Å². The van der Waals surface area contributed by atoms with Gasteiger partial charge in [0.1, 0.15) is 10.7 Å². The number of carbonyl (C=O) groups is 1. The molecule has 0 aliphatic carbocycles. The number of para-hydroxylation sites is 2. The highest BCUT2D eigenvalue weighted by Crippen LogP contribution is 2.37. The van der Waals surface area contributed by atoms with Crippen molar-refractivity contribution in [1.29, 1.82) is 0 Å². The molecule has 5 aromatic rings. The minimum Gasteiger partial charge on any atom is -0.330 e. The number of piperidine rings is 1. The van der Waals surface area contributed by atoms with E-state index >= 15 is 0 Å². The maximum Gasteiger partial charge on any atom is 0.265 e. The number of carbonyl (C=O) groups excluding carboxylic acids is 1. The average Bonchev–Trinajstić information content (AvgIpc) is 3.56. The normalized spacial score (nSPS) is 14.9. The molecule has 5 nitrogen and oxygen atoms in total. The Morgan fingerprint density at radius 1 is 1.00 bits per heavy atom. The number of amides is 1. The first-order valence-electron chi connectivity index (χ1n) is 15.3. The highest BCUT2D eigenvalue weighted by Gasteiger charge is 2.26. The van der Waals surface area contributed by atoms with Gasteiger partial charge in [-0.3, -0.25) is 9.69 Å². The quantitative estimate of drug-likeness (QED) is 0.161. The number of hydrogen-bond donors (Lipinski definition) is 0. The van der Waals surface area contributed by atoms with Gasteiger partial charge in [-0.05, 0) is 68.6 Å². The third-order valence-electron chi connectivity index (χ3n) is 8.53. The van der Waals surface area contributed by atoms with E-state index in [4.69, 9.17) is 16.6 Å². The van der Waals surface area contributed by atoms with Crippen molar-refractivity contribution in [2.75, 3.05) is 19.6 Å². The summed E-state index contributed by atoms with van der Waals surface area (Å²) in [5, 5.41) is 1.49. The predicted molar refractivity (Wildman–Crippen MR) is 176 cm³/mol. The number of aromatic nitrogens is 2. The first-order valence-corrected chi connectivity index (χ1v) is 16.5. The smallest absolute Gasteiger partial charge is 0.265 e. The molecule has 1 saturated heterocycles. The van der Waals surface area contributed by atoms with Gasteiger partial charge in [0.05, 0.1) is 28.6 Å². The maximum atomic E-state index is 14.1. The number of rotatable bonds is 10. The van der Waals surface area contributed by atoms with Crippen LogP contribution in [0, 0.1) is 0 Å². The highest BCUT2D eigenvalue weighted by molar-refractivity contribution is 7.21. The number of benzene rings is 3. The van der Waals surface area contributed by atoms with E-state index < -0.39 is 0 Å². The molecule has 0 bridgehead atoms. The van der Waals surface area contributed by atoms with Gasteiger partial charge >= 0.3 is 0 Å². The lowest BCUT2D eigenvalue weighted by Crippen LogP contribution is -2.33. The van der Waals surface area contributed by atoms with E-state index in [1.54, 1.807) is 0 Å². The standard InChI is InChI=1S/C35H39ClN4OS/c1-3-4-22-39(35(41)34-33(36)28-16-8-11-19-31(28)42-34)24-32-37-29-17-9-10-18-30(29)40(32)25(2)27-15-7-6-14-26(27)23-38-20-12-5-13-21-38/h6-11,14-19,25H,3-5,12-13,20-24H2,1-2H3. The van der Waals surface area contributed by atoms with Crippen molar-refractivity contribution in [3.05, 3.63) is 99.6 Å². The average molecular weight is 599 g/mol. The van der Waals surface area contributed by atoms with E-state index in [1.165, 1.54) is 41.7 Å². The van der Waals surface area contributed by atoms with Gasteiger partial charge in [-0.2, -0.15) is 0 Å². The largest absolute Gasteiger partial charge is 0.330 e. The van der Waals surface area contributed by atoms with Gasteiger partial charge in [-0.1, -0.05) is 86.0 Å². The number of imidazole rings is 1. The van der Waals surface area contributed by atoms with Crippen LogP contribution in [-0.4, -0.2) is 44.9 Å². The lowest BCUT2D eigenvalue weighted by molar-refractivity contribution is 0.0739. The number of likely N-dealkylation sites (tertiary alicyclic amines) is 1. The SMILES string of the molecule is CCCCN(Cc1nc2ccccc2n1C(C)c1ccccc1CN1CCCCC1)C(=O)c1sc2ccccc2c1Cl. The van der Waals surface area contributed by atoms with Crippen molar-refractivity contribution in [1.82, 2.24) is 19.4 Å². The summed E-state index contributed by atoms with van der Waals surface area (Å²) in [5.74, 6) is 0.879. The molecule has 1 aliphatic heterocycles. The summed E-state index contributed by atoms with van der Waals surface area (Å²) in [6.07, 6.45) is 5.81. The van der Waals surface area contributed by atoms with Gasteiger partial charge in [0.2, 0.25) is 0 Å². The van der Waals surface area contributed by atoms with Crippen LogP contribution in [0.3, 0.4) is 0 Å². The topological polar surface area (TPSA) is 41.4 Å². The fourth-order valence-electron chi connectivity index (χ4n) is 6.29. The molecule has 2 aromatic heterocycles. The van der Waals surface area contributed by atoms with E-state index in [9.17, 15) is 4.79 Å². The number of unbranched alkanes of at least 4 members (excludes halogenated alkanes) is 1. The Morgan fingerprint density at radius 2 is 1.74 bits per heavy atom. The number of nitrogens with zero attached hydrogens (tertiary/aromatic N) is 4. The molecule has 1 unspecified atom stereocenters. The van der Waals surface area contributed by atoms with E-state index in [2.05, 4.69) is 65.8 Å². The third kappa shape index (κ3) is 5.85. The summed E-state index contributed by atoms with van der Waals surface area (Å²) >= 11 is 8.27. The molecule has 1 atom stereocenters. The van der Waals surface area contributed by atoms with Gasteiger partial charge in [-0.15, -0.1) is 11.3 Å². The summed E-state index contributed by atoms with van der Waals surface area (Å²) in [6, 6.07) is 25.2. The van der Waals surface area contributed by atoms with Gasteiger partial charge in [-0.25, -0.2) is 4.98 Å². The zero-order chi connectivity index (χ0) is 29.1. The van der Waals surface area contributed by atoms with Gasteiger partial charge in [0, 0.05) is 23.2 Å². The molecule has 42 heavy (non-hydrogen) atoms. The summed E-state index contributed by atoms with van der Waals surface area (Å²) in [5.41, 5.74) is 4.73. The van der Waals surface area contributed by atoms with Crippen LogP contribution in [0.15, 0.2) is 72.8 Å². The summed E-state index contributed by atoms with van der Waals surface area (Å²) in [6.45, 7) is 8.81. The lowest BCUT2D eigenvalue weighted by atomic mass is 9.99. The zero-order valence-electron chi connectivity index (χ0n) is 24.6. The fraction of sp³-hybridized carbons (Fsp3) is 0.371. The zero-order valence-corrected chi connectivity index (χ0v) is 26.1. The Balaban J connectivity index is 1.37. The molecule has 1 aliphatic rings. The molecule has 1 fully saturated rings. The van der Waals surface area contributed by atoms with E-state index in [0.717, 1.165) is 59.4 Å².